The molecular formula is C18H30N4O3. The van der Waals surface area contributed by atoms with Gasteiger partial charge < -0.3 is 24.6 Å². The van der Waals surface area contributed by atoms with Gasteiger partial charge in [-0.2, -0.15) is 0 Å². The molecule has 0 bridgehead atoms. The van der Waals surface area contributed by atoms with E-state index in [1.54, 1.807) is 0 Å². The molecule has 0 radical (unpaired) electrons. The number of imidazole rings is 1. The van der Waals surface area contributed by atoms with Crippen LogP contribution in [0.2, 0.25) is 0 Å². The summed E-state index contributed by atoms with van der Waals surface area (Å²) in [4.78, 5) is 18.9. The van der Waals surface area contributed by atoms with Crippen LogP contribution in [0.4, 0.5) is 0 Å². The highest BCUT2D eigenvalue weighted by Gasteiger charge is 2.45. The summed E-state index contributed by atoms with van der Waals surface area (Å²) in [5.74, 6) is 0.929. The Labute approximate surface area is 149 Å². The van der Waals surface area contributed by atoms with Crippen molar-refractivity contribution < 1.29 is 14.6 Å². The third-order valence-electron chi connectivity index (χ3n) is 5.61. The van der Waals surface area contributed by atoms with Gasteiger partial charge in [0.05, 0.1) is 26.1 Å². The number of nitrogens with zero attached hydrogens (tertiary/aromatic N) is 3. The molecule has 1 amide bonds. The molecular weight excluding hydrogens is 320 g/mol. The van der Waals surface area contributed by atoms with E-state index in [4.69, 9.17) is 9.84 Å². The van der Waals surface area contributed by atoms with E-state index in [-0.39, 0.29) is 17.9 Å². The number of hydrogen-bond acceptors (Lipinski definition) is 5. The van der Waals surface area contributed by atoms with Crippen LogP contribution in [0.1, 0.15) is 31.4 Å². The smallest absolute Gasteiger partial charge is 0.225 e. The fraction of sp³-hybridized carbons (Fsp3) is 0.778. The van der Waals surface area contributed by atoms with Crippen molar-refractivity contribution in [1.29, 1.82) is 0 Å². The molecule has 2 fully saturated rings. The third-order valence-corrected chi connectivity index (χ3v) is 5.61. The molecule has 25 heavy (non-hydrogen) atoms. The van der Waals surface area contributed by atoms with Gasteiger partial charge in [0.25, 0.3) is 0 Å². The van der Waals surface area contributed by atoms with Crippen LogP contribution < -0.4 is 5.32 Å². The molecule has 2 aliphatic rings. The summed E-state index contributed by atoms with van der Waals surface area (Å²) in [6.07, 6.45) is 5.78. The monoisotopic (exact) mass is 350 g/mol. The Hall–Kier alpha value is -1.44. The quantitative estimate of drug-likeness (QED) is 0.629. The predicted molar refractivity (Wildman–Crippen MR) is 94.1 cm³/mol. The second-order valence-electron chi connectivity index (χ2n) is 7.66. The lowest BCUT2D eigenvalue weighted by molar-refractivity contribution is -0.125. The first-order chi connectivity index (χ1) is 12.0. The number of hydrogen-bond donors (Lipinski definition) is 2. The maximum absolute atomic E-state index is 12.3. The zero-order valence-corrected chi connectivity index (χ0v) is 15.3. The van der Waals surface area contributed by atoms with Crippen molar-refractivity contribution in [2.45, 2.75) is 25.7 Å². The zero-order valence-electron chi connectivity index (χ0n) is 15.3. The number of nitrogens with one attached hydrogen (secondary N) is 1. The van der Waals surface area contributed by atoms with Gasteiger partial charge in [0.2, 0.25) is 5.91 Å². The maximum Gasteiger partial charge on any atom is 0.225 e. The highest BCUT2D eigenvalue weighted by Crippen LogP contribution is 2.45. The fourth-order valence-electron chi connectivity index (χ4n) is 3.62. The number of aryl methyl sites for hydroxylation is 1. The molecule has 2 atom stereocenters. The van der Waals surface area contributed by atoms with Crippen molar-refractivity contribution in [3.8, 4) is 0 Å². The van der Waals surface area contributed by atoms with Gasteiger partial charge in [-0.1, -0.05) is 6.92 Å². The maximum atomic E-state index is 12.3. The van der Waals surface area contributed by atoms with Gasteiger partial charge in [-0.05, 0) is 18.8 Å². The van der Waals surface area contributed by atoms with Gasteiger partial charge in [-0.25, -0.2) is 4.98 Å². The lowest BCUT2D eigenvalue weighted by Crippen LogP contribution is -2.36. The van der Waals surface area contributed by atoms with Crippen molar-refractivity contribution in [2.75, 3.05) is 46.0 Å². The van der Waals surface area contributed by atoms with Gasteiger partial charge in [-0.15, -0.1) is 0 Å². The van der Waals surface area contributed by atoms with Gasteiger partial charge in [0.1, 0.15) is 0 Å². The first-order valence-electron chi connectivity index (χ1n) is 9.19. The van der Waals surface area contributed by atoms with Crippen molar-refractivity contribution in [3.63, 3.8) is 0 Å². The summed E-state index contributed by atoms with van der Waals surface area (Å²) in [6, 6.07) is 0. The molecule has 1 aromatic rings. The summed E-state index contributed by atoms with van der Waals surface area (Å²) in [5.41, 5.74) is 1.09. The lowest BCUT2D eigenvalue weighted by Gasteiger charge is -2.20. The molecule has 3 rings (SSSR count). The number of ether oxygens (including phenoxy) is 1. The average Bonchev–Trinajstić information content (AvgIpc) is 3.03. The minimum atomic E-state index is -0.127. The number of amides is 1. The first-order valence-corrected chi connectivity index (χ1v) is 9.19. The Bertz CT molecular complexity index is 585. The van der Waals surface area contributed by atoms with Gasteiger partial charge in [0.15, 0.2) is 0 Å². The molecule has 7 heteroatoms. The average molecular weight is 350 g/mol. The van der Waals surface area contributed by atoms with Gasteiger partial charge in [-0.3, -0.25) is 4.79 Å². The van der Waals surface area contributed by atoms with Gasteiger partial charge in [0, 0.05) is 56.5 Å². The normalized spacial score (nSPS) is 25.2. The van der Waals surface area contributed by atoms with E-state index in [0.29, 0.717) is 31.6 Å². The second-order valence-corrected chi connectivity index (χ2v) is 7.66. The molecule has 1 saturated carbocycles. The van der Waals surface area contributed by atoms with E-state index in [0.717, 1.165) is 32.5 Å². The number of aliphatic hydroxyl groups excluding tert-OH is 1. The minimum Gasteiger partial charge on any atom is -0.394 e. The molecule has 0 unspecified atom stereocenters. The summed E-state index contributed by atoms with van der Waals surface area (Å²) in [7, 11) is 2.02. The molecule has 2 heterocycles. The summed E-state index contributed by atoms with van der Waals surface area (Å²) < 4.78 is 7.48. The van der Waals surface area contributed by atoms with Crippen LogP contribution in [-0.2, 0) is 16.6 Å². The molecule has 1 aromatic heterocycles. The van der Waals surface area contributed by atoms with Crippen LogP contribution in [0, 0.1) is 11.3 Å². The number of aliphatic hydroxyl groups is 1. The van der Waals surface area contributed by atoms with E-state index < -0.39 is 0 Å². The topological polar surface area (TPSA) is 79.6 Å². The Morgan fingerprint density at radius 1 is 1.44 bits per heavy atom. The number of rotatable bonds is 9. The van der Waals surface area contributed by atoms with Crippen LogP contribution in [0.3, 0.4) is 0 Å². The number of likely N-dealkylation sites (tertiary alicyclic amines) is 1. The molecule has 0 spiro atoms. The number of aromatic nitrogens is 2. The molecule has 140 valence electrons. The van der Waals surface area contributed by atoms with Crippen molar-refractivity contribution in [2.24, 2.45) is 18.4 Å². The number of carbonyl (C=O) groups excluding carboxylic acids is 1. The zero-order chi connectivity index (χ0) is 17.9. The summed E-state index contributed by atoms with van der Waals surface area (Å²) >= 11 is 0. The van der Waals surface area contributed by atoms with Crippen LogP contribution >= 0.6 is 0 Å². The first kappa shape index (κ1) is 18.4. The molecule has 2 N–H and O–H groups in total. The Morgan fingerprint density at radius 3 is 2.88 bits per heavy atom. The van der Waals surface area contributed by atoms with Crippen molar-refractivity contribution >= 4 is 5.91 Å². The van der Waals surface area contributed by atoms with Crippen LogP contribution in [0.5, 0.6) is 0 Å². The number of carbonyl (C=O) groups is 1. The molecule has 1 aliphatic heterocycles. The Kier molecular flexibility index (Phi) is 5.76. The third kappa shape index (κ3) is 4.40. The van der Waals surface area contributed by atoms with Crippen molar-refractivity contribution in [1.82, 2.24) is 19.8 Å². The summed E-state index contributed by atoms with van der Waals surface area (Å²) in [6.45, 7) is 6.54. The molecule has 7 nitrogen and oxygen atoms in total. The van der Waals surface area contributed by atoms with Gasteiger partial charge >= 0.3 is 0 Å². The highest BCUT2D eigenvalue weighted by atomic mass is 16.5. The predicted octanol–water partition coefficient (Wildman–Crippen LogP) is 0.361. The Balaban J connectivity index is 1.58. The summed E-state index contributed by atoms with van der Waals surface area (Å²) in [5, 5.41) is 12.0. The largest absolute Gasteiger partial charge is 0.394 e. The highest BCUT2D eigenvalue weighted by molar-refractivity contribution is 5.84. The molecule has 0 aromatic carbocycles. The van der Waals surface area contributed by atoms with Crippen LogP contribution in [0.15, 0.2) is 12.5 Å². The fourth-order valence-corrected chi connectivity index (χ4v) is 3.62. The standard InChI is InChI=1S/C18H30N4O3/c1-18(3-4-18)17(24)20-9-14-11-22(5-7-25-8-6-23)12-15(14)16-10-19-13-21(16)2/h10,13-15,23H,3-9,11-12H2,1-2H3,(H,20,24)/t14-,15-/m1/s1. The minimum absolute atomic E-state index is 0.0606. The Morgan fingerprint density at radius 2 is 2.24 bits per heavy atom. The second kappa shape index (κ2) is 7.85. The van der Waals surface area contributed by atoms with E-state index in [2.05, 4.69) is 19.8 Å². The van der Waals surface area contributed by atoms with E-state index in [1.165, 1.54) is 5.69 Å². The molecule has 1 saturated heterocycles. The van der Waals surface area contributed by atoms with Crippen LogP contribution in [0.25, 0.3) is 0 Å². The SMILES string of the molecule is Cn1cncc1[C@@H]1CN(CCOCCO)C[C@H]1CNC(=O)C1(C)CC1. The molecule has 1 aliphatic carbocycles. The van der Waals surface area contributed by atoms with E-state index in [1.807, 2.05) is 26.5 Å². The van der Waals surface area contributed by atoms with Crippen LogP contribution in [-0.4, -0.2) is 71.5 Å². The van der Waals surface area contributed by atoms with Crippen molar-refractivity contribution in [3.05, 3.63) is 18.2 Å². The van der Waals surface area contributed by atoms with E-state index in [9.17, 15) is 4.79 Å². The lowest BCUT2D eigenvalue weighted by atomic mass is 9.92. The van der Waals surface area contributed by atoms with E-state index >= 15 is 0 Å².